The van der Waals surface area contributed by atoms with Crippen LogP contribution in [0.15, 0.2) is 36.5 Å². The van der Waals surface area contributed by atoms with Crippen LogP contribution in [0.5, 0.6) is 11.5 Å². The molecule has 0 aliphatic carbocycles. The SMILES string of the molecule is COc1cc(NC(=O)c2cccnc2N2CCCC2)cc(OC)c1. The number of nitrogens with zero attached hydrogens (tertiary/aromatic N) is 2. The molecular formula is C18H21N3O3. The van der Waals surface area contributed by atoms with E-state index in [1.54, 1.807) is 50.7 Å². The van der Waals surface area contributed by atoms with Gasteiger partial charge in [0, 0.05) is 43.2 Å². The van der Waals surface area contributed by atoms with Crippen LogP contribution >= 0.6 is 0 Å². The van der Waals surface area contributed by atoms with E-state index in [2.05, 4.69) is 15.2 Å². The van der Waals surface area contributed by atoms with Gasteiger partial charge in [0.15, 0.2) is 0 Å². The summed E-state index contributed by atoms with van der Waals surface area (Å²) in [6.45, 7) is 1.87. The van der Waals surface area contributed by atoms with E-state index in [1.807, 2.05) is 0 Å². The highest BCUT2D eigenvalue weighted by molar-refractivity contribution is 6.07. The number of rotatable bonds is 5. The van der Waals surface area contributed by atoms with Crippen molar-refractivity contribution in [2.45, 2.75) is 12.8 Å². The van der Waals surface area contributed by atoms with E-state index >= 15 is 0 Å². The van der Waals surface area contributed by atoms with Crippen LogP contribution in [-0.2, 0) is 0 Å². The van der Waals surface area contributed by atoms with E-state index in [-0.39, 0.29) is 5.91 Å². The van der Waals surface area contributed by atoms with Crippen molar-refractivity contribution in [2.75, 3.05) is 37.5 Å². The monoisotopic (exact) mass is 327 g/mol. The van der Waals surface area contributed by atoms with Gasteiger partial charge in [-0.05, 0) is 25.0 Å². The molecular weight excluding hydrogens is 306 g/mol. The van der Waals surface area contributed by atoms with E-state index < -0.39 is 0 Å². The molecule has 24 heavy (non-hydrogen) atoms. The van der Waals surface area contributed by atoms with Crippen molar-refractivity contribution < 1.29 is 14.3 Å². The Morgan fingerprint density at radius 3 is 2.42 bits per heavy atom. The summed E-state index contributed by atoms with van der Waals surface area (Å²) in [5.41, 5.74) is 1.19. The zero-order chi connectivity index (χ0) is 16.9. The number of ether oxygens (including phenoxy) is 2. The van der Waals surface area contributed by atoms with E-state index in [1.165, 1.54) is 0 Å². The number of methoxy groups -OCH3 is 2. The van der Waals surface area contributed by atoms with Crippen LogP contribution in [0.1, 0.15) is 23.2 Å². The minimum Gasteiger partial charge on any atom is -0.497 e. The summed E-state index contributed by atoms with van der Waals surface area (Å²) in [6.07, 6.45) is 3.98. The fourth-order valence-corrected chi connectivity index (χ4v) is 2.83. The molecule has 0 radical (unpaired) electrons. The molecule has 1 amide bonds. The molecule has 2 heterocycles. The topological polar surface area (TPSA) is 63.7 Å². The lowest BCUT2D eigenvalue weighted by Crippen LogP contribution is -2.24. The Kier molecular flexibility index (Phi) is 4.84. The maximum absolute atomic E-state index is 12.7. The Morgan fingerprint density at radius 1 is 1.12 bits per heavy atom. The van der Waals surface area contributed by atoms with Crippen LogP contribution < -0.4 is 19.7 Å². The Balaban J connectivity index is 1.85. The molecule has 0 atom stereocenters. The molecule has 0 unspecified atom stereocenters. The summed E-state index contributed by atoms with van der Waals surface area (Å²) in [5.74, 6) is 1.79. The summed E-state index contributed by atoms with van der Waals surface area (Å²) in [6, 6.07) is 8.85. The molecule has 6 nitrogen and oxygen atoms in total. The van der Waals surface area contributed by atoms with Gasteiger partial charge in [0.2, 0.25) is 0 Å². The van der Waals surface area contributed by atoms with Gasteiger partial charge in [-0.2, -0.15) is 0 Å². The van der Waals surface area contributed by atoms with Gasteiger partial charge in [-0.15, -0.1) is 0 Å². The molecule has 3 rings (SSSR count). The molecule has 126 valence electrons. The molecule has 0 spiro atoms. The molecule has 0 bridgehead atoms. The third kappa shape index (κ3) is 3.42. The Morgan fingerprint density at radius 2 is 1.79 bits per heavy atom. The minimum absolute atomic E-state index is 0.194. The number of nitrogens with one attached hydrogen (secondary N) is 1. The second kappa shape index (κ2) is 7.21. The normalized spacial score (nSPS) is 13.7. The lowest BCUT2D eigenvalue weighted by atomic mass is 10.2. The lowest BCUT2D eigenvalue weighted by molar-refractivity contribution is 0.102. The fraction of sp³-hybridized carbons (Fsp3) is 0.333. The predicted octanol–water partition coefficient (Wildman–Crippen LogP) is 2.95. The molecule has 2 aromatic rings. The number of carbonyl (C=O) groups is 1. The summed E-state index contributed by atoms with van der Waals surface area (Å²) in [7, 11) is 3.15. The average molecular weight is 327 g/mol. The van der Waals surface area contributed by atoms with Crippen LogP contribution in [0.25, 0.3) is 0 Å². The summed E-state index contributed by atoms with van der Waals surface area (Å²) in [5, 5.41) is 2.91. The first-order valence-electron chi connectivity index (χ1n) is 7.95. The molecule has 1 aliphatic heterocycles. The second-order valence-electron chi connectivity index (χ2n) is 5.62. The van der Waals surface area contributed by atoms with Crippen molar-refractivity contribution in [3.63, 3.8) is 0 Å². The lowest BCUT2D eigenvalue weighted by Gasteiger charge is -2.19. The molecule has 1 aliphatic rings. The molecule has 1 aromatic carbocycles. The number of aromatic nitrogens is 1. The van der Waals surface area contributed by atoms with E-state index in [0.717, 1.165) is 31.7 Å². The van der Waals surface area contributed by atoms with Crippen molar-refractivity contribution in [3.8, 4) is 11.5 Å². The average Bonchev–Trinajstić information content (AvgIpc) is 3.15. The first-order chi connectivity index (χ1) is 11.7. The van der Waals surface area contributed by atoms with E-state index in [4.69, 9.17) is 9.47 Å². The highest BCUT2D eigenvalue weighted by atomic mass is 16.5. The highest BCUT2D eigenvalue weighted by Crippen LogP contribution is 2.27. The highest BCUT2D eigenvalue weighted by Gasteiger charge is 2.20. The van der Waals surface area contributed by atoms with Gasteiger partial charge in [0.25, 0.3) is 5.91 Å². The number of hydrogen-bond acceptors (Lipinski definition) is 5. The molecule has 1 N–H and O–H groups in total. The minimum atomic E-state index is -0.194. The first-order valence-corrected chi connectivity index (χ1v) is 7.95. The molecule has 1 saturated heterocycles. The smallest absolute Gasteiger partial charge is 0.259 e. The molecule has 6 heteroatoms. The van der Waals surface area contributed by atoms with E-state index in [0.29, 0.717) is 22.7 Å². The fourth-order valence-electron chi connectivity index (χ4n) is 2.83. The van der Waals surface area contributed by atoms with Crippen LogP contribution in [0.2, 0.25) is 0 Å². The van der Waals surface area contributed by atoms with Gasteiger partial charge >= 0.3 is 0 Å². The van der Waals surface area contributed by atoms with Gasteiger partial charge in [-0.3, -0.25) is 4.79 Å². The van der Waals surface area contributed by atoms with Crippen LogP contribution in [0.4, 0.5) is 11.5 Å². The third-order valence-electron chi connectivity index (χ3n) is 4.05. The van der Waals surface area contributed by atoms with Gasteiger partial charge in [-0.25, -0.2) is 4.98 Å². The largest absolute Gasteiger partial charge is 0.497 e. The second-order valence-corrected chi connectivity index (χ2v) is 5.62. The van der Waals surface area contributed by atoms with Gasteiger partial charge in [0.05, 0.1) is 19.8 Å². The number of anilines is 2. The maximum atomic E-state index is 12.7. The van der Waals surface area contributed by atoms with Crippen molar-refractivity contribution in [1.29, 1.82) is 0 Å². The zero-order valence-corrected chi connectivity index (χ0v) is 13.9. The summed E-state index contributed by atoms with van der Waals surface area (Å²) >= 11 is 0. The quantitative estimate of drug-likeness (QED) is 0.915. The summed E-state index contributed by atoms with van der Waals surface area (Å²) < 4.78 is 10.5. The van der Waals surface area contributed by atoms with Gasteiger partial charge in [0.1, 0.15) is 17.3 Å². The maximum Gasteiger partial charge on any atom is 0.259 e. The zero-order valence-electron chi connectivity index (χ0n) is 13.9. The van der Waals surface area contributed by atoms with Crippen LogP contribution in [0.3, 0.4) is 0 Å². The first kappa shape index (κ1) is 16.1. The number of benzene rings is 1. The van der Waals surface area contributed by atoms with Crippen molar-refractivity contribution in [2.24, 2.45) is 0 Å². The number of pyridine rings is 1. The Labute approximate surface area is 141 Å². The Hall–Kier alpha value is -2.76. The third-order valence-corrected chi connectivity index (χ3v) is 4.05. The van der Waals surface area contributed by atoms with E-state index in [9.17, 15) is 4.79 Å². The van der Waals surface area contributed by atoms with Gasteiger partial charge < -0.3 is 19.7 Å². The Bertz CT molecular complexity index is 705. The number of carbonyl (C=O) groups excluding carboxylic acids is 1. The standard InChI is InChI=1S/C18H21N3O3/c1-23-14-10-13(11-15(12-14)24-2)20-18(22)16-6-5-7-19-17(16)21-8-3-4-9-21/h5-7,10-12H,3-4,8-9H2,1-2H3,(H,20,22). The van der Waals surface area contributed by atoms with Crippen molar-refractivity contribution in [1.82, 2.24) is 4.98 Å². The molecule has 0 saturated carbocycles. The number of amides is 1. The van der Waals surface area contributed by atoms with Crippen molar-refractivity contribution >= 4 is 17.4 Å². The number of hydrogen-bond donors (Lipinski definition) is 1. The van der Waals surface area contributed by atoms with Crippen molar-refractivity contribution in [3.05, 3.63) is 42.1 Å². The molecule has 1 fully saturated rings. The predicted molar refractivity (Wildman–Crippen MR) is 93.2 cm³/mol. The summed E-state index contributed by atoms with van der Waals surface area (Å²) in [4.78, 5) is 19.3. The van der Waals surface area contributed by atoms with Crippen LogP contribution in [0, 0.1) is 0 Å². The van der Waals surface area contributed by atoms with Gasteiger partial charge in [-0.1, -0.05) is 0 Å². The van der Waals surface area contributed by atoms with Crippen LogP contribution in [-0.4, -0.2) is 38.2 Å². The molecule has 1 aromatic heterocycles.